The highest BCUT2D eigenvalue weighted by atomic mass is 16.6. The Morgan fingerprint density at radius 3 is 2.41 bits per heavy atom. The Bertz CT molecular complexity index is 805. The third-order valence-electron chi connectivity index (χ3n) is 4.35. The van der Waals surface area contributed by atoms with E-state index >= 15 is 0 Å². The van der Waals surface area contributed by atoms with Crippen LogP contribution >= 0.6 is 0 Å². The minimum atomic E-state index is -0.272. The van der Waals surface area contributed by atoms with Crippen LogP contribution in [-0.4, -0.2) is 31.6 Å². The van der Waals surface area contributed by atoms with E-state index in [-0.39, 0.29) is 30.3 Å². The van der Waals surface area contributed by atoms with Gasteiger partial charge in [0.1, 0.15) is 13.2 Å². The van der Waals surface area contributed by atoms with Crippen molar-refractivity contribution in [1.29, 1.82) is 0 Å². The molecule has 2 aromatic rings. The van der Waals surface area contributed by atoms with Gasteiger partial charge in [-0.3, -0.25) is 9.59 Å². The lowest BCUT2D eigenvalue weighted by atomic mass is 9.95. The van der Waals surface area contributed by atoms with Crippen molar-refractivity contribution in [3.63, 3.8) is 0 Å². The van der Waals surface area contributed by atoms with E-state index in [4.69, 9.17) is 9.47 Å². The lowest BCUT2D eigenvalue weighted by Gasteiger charge is -2.25. The second-order valence-corrected chi connectivity index (χ2v) is 6.74. The van der Waals surface area contributed by atoms with E-state index < -0.39 is 0 Å². The Hall–Kier alpha value is -3.02. The molecule has 0 spiro atoms. The van der Waals surface area contributed by atoms with Gasteiger partial charge >= 0.3 is 0 Å². The van der Waals surface area contributed by atoms with Crippen LogP contribution in [-0.2, 0) is 4.79 Å². The van der Waals surface area contributed by atoms with Crippen LogP contribution in [0.1, 0.15) is 35.8 Å². The number of amides is 2. The van der Waals surface area contributed by atoms with Gasteiger partial charge in [0.05, 0.1) is 12.6 Å². The van der Waals surface area contributed by atoms with Crippen molar-refractivity contribution in [1.82, 2.24) is 10.6 Å². The van der Waals surface area contributed by atoms with Gasteiger partial charge in [-0.05, 0) is 35.7 Å². The second-order valence-electron chi connectivity index (χ2n) is 6.74. The molecule has 2 amide bonds. The number of fused-ring (bicyclic) bond motifs is 1. The van der Waals surface area contributed by atoms with Crippen LogP contribution < -0.4 is 20.1 Å². The lowest BCUT2D eigenvalue weighted by molar-refractivity contribution is -0.121. The molecular weight excluding hydrogens is 344 g/mol. The average molecular weight is 368 g/mol. The Morgan fingerprint density at radius 1 is 1.00 bits per heavy atom. The zero-order valence-corrected chi connectivity index (χ0v) is 15.5. The van der Waals surface area contributed by atoms with E-state index in [9.17, 15) is 9.59 Å². The molecular formula is C21H24N2O4. The van der Waals surface area contributed by atoms with E-state index in [0.29, 0.717) is 30.3 Å². The van der Waals surface area contributed by atoms with Crippen LogP contribution in [0.5, 0.6) is 11.5 Å². The number of hydrogen-bond donors (Lipinski definition) is 2. The van der Waals surface area contributed by atoms with E-state index in [1.165, 1.54) is 0 Å². The standard InChI is InChI=1S/C21H24N2O4/c1-14(2)20(16-8-9-17-18(12-16)27-11-10-26-17)23-19(24)13-22-21(25)15-6-4-3-5-7-15/h3-9,12,14,20H,10-11,13H2,1-2H3,(H,22,25)(H,23,24)/t20-/m1/s1. The molecule has 2 N–H and O–H groups in total. The first-order valence-corrected chi connectivity index (χ1v) is 9.07. The van der Waals surface area contributed by atoms with E-state index in [1.54, 1.807) is 24.3 Å². The van der Waals surface area contributed by atoms with E-state index in [2.05, 4.69) is 10.6 Å². The SMILES string of the molecule is CC(C)[C@@H](NC(=O)CNC(=O)c1ccccc1)c1ccc2c(c1)OCCO2. The molecule has 0 saturated heterocycles. The van der Waals surface area contributed by atoms with Crippen LogP contribution in [0.2, 0.25) is 0 Å². The maximum Gasteiger partial charge on any atom is 0.251 e. The normalized spacial score (nSPS) is 13.7. The summed E-state index contributed by atoms with van der Waals surface area (Å²) in [5.74, 6) is 1.06. The van der Waals surface area contributed by atoms with E-state index in [0.717, 1.165) is 5.56 Å². The van der Waals surface area contributed by atoms with Gasteiger partial charge in [-0.2, -0.15) is 0 Å². The summed E-state index contributed by atoms with van der Waals surface area (Å²) >= 11 is 0. The molecule has 142 valence electrons. The molecule has 0 fully saturated rings. The predicted octanol–water partition coefficient (Wildman–Crippen LogP) is 2.70. The van der Waals surface area contributed by atoms with Crippen molar-refractivity contribution in [3.05, 3.63) is 59.7 Å². The largest absolute Gasteiger partial charge is 0.486 e. The number of benzene rings is 2. The molecule has 0 saturated carbocycles. The summed E-state index contributed by atoms with van der Waals surface area (Å²) in [5, 5.41) is 5.65. The first kappa shape index (κ1) is 18.8. The molecule has 0 radical (unpaired) electrons. The molecule has 1 aliphatic rings. The van der Waals surface area contributed by atoms with Crippen molar-refractivity contribution >= 4 is 11.8 Å². The summed E-state index contributed by atoms with van der Waals surface area (Å²) in [6.45, 7) is 5.04. The molecule has 1 atom stereocenters. The molecule has 2 aromatic carbocycles. The zero-order chi connectivity index (χ0) is 19.2. The van der Waals surface area contributed by atoms with Gasteiger partial charge < -0.3 is 20.1 Å². The van der Waals surface area contributed by atoms with Crippen LogP contribution in [0.25, 0.3) is 0 Å². The Labute approximate surface area is 158 Å². The van der Waals surface area contributed by atoms with Gasteiger partial charge in [-0.1, -0.05) is 38.1 Å². The molecule has 6 heteroatoms. The lowest BCUT2D eigenvalue weighted by Crippen LogP contribution is -2.40. The Morgan fingerprint density at radius 2 is 1.70 bits per heavy atom. The monoisotopic (exact) mass is 368 g/mol. The number of carbonyl (C=O) groups excluding carboxylic acids is 2. The maximum absolute atomic E-state index is 12.4. The predicted molar refractivity (Wildman–Crippen MR) is 102 cm³/mol. The second kappa shape index (κ2) is 8.58. The third-order valence-corrected chi connectivity index (χ3v) is 4.35. The molecule has 3 rings (SSSR count). The molecule has 1 heterocycles. The average Bonchev–Trinajstić information content (AvgIpc) is 2.70. The minimum absolute atomic E-state index is 0.0818. The van der Waals surface area contributed by atoms with Crippen LogP contribution in [0.4, 0.5) is 0 Å². The van der Waals surface area contributed by atoms with Crippen LogP contribution in [0, 0.1) is 5.92 Å². The number of rotatable bonds is 6. The molecule has 0 aliphatic carbocycles. The highest BCUT2D eigenvalue weighted by molar-refractivity contribution is 5.96. The van der Waals surface area contributed by atoms with E-state index in [1.807, 2.05) is 38.1 Å². The van der Waals surface area contributed by atoms with Crippen molar-refractivity contribution in [2.24, 2.45) is 5.92 Å². The fraction of sp³-hybridized carbons (Fsp3) is 0.333. The fourth-order valence-corrected chi connectivity index (χ4v) is 2.96. The highest BCUT2D eigenvalue weighted by Crippen LogP contribution is 2.34. The van der Waals surface area contributed by atoms with Crippen LogP contribution in [0.3, 0.4) is 0 Å². The molecule has 6 nitrogen and oxygen atoms in total. The summed E-state index contributed by atoms with van der Waals surface area (Å²) in [4.78, 5) is 24.5. The smallest absolute Gasteiger partial charge is 0.251 e. The zero-order valence-electron chi connectivity index (χ0n) is 15.5. The number of hydrogen-bond acceptors (Lipinski definition) is 4. The van der Waals surface area contributed by atoms with Gasteiger partial charge in [-0.15, -0.1) is 0 Å². The molecule has 1 aliphatic heterocycles. The Kier molecular flexibility index (Phi) is 5.96. The summed E-state index contributed by atoms with van der Waals surface area (Å²) in [6, 6.07) is 14.3. The van der Waals surface area contributed by atoms with Gasteiger partial charge in [0, 0.05) is 5.56 Å². The first-order chi connectivity index (χ1) is 13.0. The van der Waals surface area contributed by atoms with Gasteiger partial charge in [0.15, 0.2) is 11.5 Å². The van der Waals surface area contributed by atoms with Gasteiger partial charge in [0.25, 0.3) is 5.91 Å². The van der Waals surface area contributed by atoms with Crippen LogP contribution in [0.15, 0.2) is 48.5 Å². The molecule has 0 unspecified atom stereocenters. The van der Waals surface area contributed by atoms with Gasteiger partial charge in [0.2, 0.25) is 5.91 Å². The summed E-state index contributed by atoms with van der Waals surface area (Å²) in [6.07, 6.45) is 0. The van der Waals surface area contributed by atoms with Crippen molar-refractivity contribution in [2.45, 2.75) is 19.9 Å². The van der Waals surface area contributed by atoms with Crippen molar-refractivity contribution < 1.29 is 19.1 Å². The number of ether oxygens (including phenoxy) is 2. The summed E-state index contributed by atoms with van der Waals surface area (Å²) in [5.41, 5.74) is 1.47. The number of carbonyl (C=O) groups is 2. The van der Waals surface area contributed by atoms with Crippen molar-refractivity contribution in [3.8, 4) is 11.5 Å². The first-order valence-electron chi connectivity index (χ1n) is 9.07. The topological polar surface area (TPSA) is 76.7 Å². The Balaban J connectivity index is 1.62. The van der Waals surface area contributed by atoms with Gasteiger partial charge in [-0.25, -0.2) is 0 Å². The quantitative estimate of drug-likeness (QED) is 0.822. The fourth-order valence-electron chi connectivity index (χ4n) is 2.96. The molecule has 27 heavy (non-hydrogen) atoms. The van der Waals surface area contributed by atoms with Crippen molar-refractivity contribution in [2.75, 3.05) is 19.8 Å². The minimum Gasteiger partial charge on any atom is -0.486 e. The highest BCUT2D eigenvalue weighted by Gasteiger charge is 2.21. The number of nitrogens with one attached hydrogen (secondary N) is 2. The summed E-state index contributed by atoms with van der Waals surface area (Å²) < 4.78 is 11.2. The summed E-state index contributed by atoms with van der Waals surface area (Å²) in [7, 11) is 0. The maximum atomic E-state index is 12.4. The third kappa shape index (κ3) is 4.78. The molecule has 0 bridgehead atoms. The molecule has 0 aromatic heterocycles.